The van der Waals surface area contributed by atoms with Gasteiger partial charge in [-0.1, -0.05) is 0 Å². The number of aliphatic hydroxyl groups excluding tert-OH is 2. The minimum Gasteiger partial charge on any atom is -0.510 e. The van der Waals surface area contributed by atoms with Gasteiger partial charge in [0.1, 0.15) is 22.9 Å². The lowest BCUT2D eigenvalue weighted by molar-refractivity contribution is -0.148. The molecule has 212 valence electrons. The van der Waals surface area contributed by atoms with Gasteiger partial charge in [0, 0.05) is 34.7 Å². The molecule has 1 aromatic rings. The first-order chi connectivity index (χ1) is 17.9. The second-order valence-corrected chi connectivity index (χ2v) is 11.8. The molecule has 6 N–H and O–H groups in total. The van der Waals surface area contributed by atoms with Crippen molar-refractivity contribution in [3.8, 4) is 5.75 Å². The number of aliphatic hydroxyl groups is 3. The highest BCUT2D eigenvalue weighted by molar-refractivity contribution is 6.24. The van der Waals surface area contributed by atoms with Crippen LogP contribution in [0.25, 0.3) is 0 Å². The van der Waals surface area contributed by atoms with Gasteiger partial charge in [-0.05, 0) is 60.7 Å². The maximum atomic E-state index is 15.8. The van der Waals surface area contributed by atoms with E-state index in [1.165, 1.54) is 19.0 Å². The molecule has 12 heteroatoms. The van der Waals surface area contributed by atoms with Crippen molar-refractivity contribution in [2.45, 2.75) is 57.3 Å². The van der Waals surface area contributed by atoms with Crippen LogP contribution in [0.5, 0.6) is 5.75 Å². The van der Waals surface area contributed by atoms with Gasteiger partial charge < -0.3 is 26.2 Å². The standard InChI is InChI=1S/C27H33F2N3O7/c1-26(2,3)32(6)9-12-17(28)11-7-10-8-13-19(31(4)5)22(35)16(25(30)38)24(37)27(13,39)23(36)14(10)20(33)15(11)21(34)18(12)29/h10,13,19,34-36,39H,7-9H2,1-6H3,(H2,30,38)/t10-,13-,19-,27-/m0/s1. The molecule has 0 heterocycles. The summed E-state index contributed by atoms with van der Waals surface area (Å²) in [5.41, 5.74) is -0.788. The van der Waals surface area contributed by atoms with Crippen LogP contribution in [0.3, 0.4) is 0 Å². The van der Waals surface area contributed by atoms with E-state index in [0.29, 0.717) is 0 Å². The molecule has 0 spiro atoms. The van der Waals surface area contributed by atoms with Crippen LogP contribution in [0, 0.1) is 23.5 Å². The van der Waals surface area contributed by atoms with Crippen molar-refractivity contribution in [3.05, 3.63) is 51.0 Å². The molecule has 4 rings (SSSR count). The molecule has 39 heavy (non-hydrogen) atoms. The van der Waals surface area contributed by atoms with E-state index in [4.69, 9.17) is 5.73 Å². The number of allylic oxidation sites excluding steroid dienone is 1. The molecule has 1 aromatic carbocycles. The van der Waals surface area contributed by atoms with Gasteiger partial charge in [-0.3, -0.25) is 24.2 Å². The summed E-state index contributed by atoms with van der Waals surface area (Å²) in [6.07, 6.45) is -0.457. The van der Waals surface area contributed by atoms with Gasteiger partial charge in [-0.25, -0.2) is 8.78 Å². The number of aromatic hydroxyl groups is 1. The number of carbonyl (C=O) groups excluding carboxylic acids is 3. The fourth-order valence-corrected chi connectivity index (χ4v) is 5.98. The Hall–Kier alpha value is -3.35. The molecule has 10 nitrogen and oxygen atoms in total. The maximum Gasteiger partial charge on any atom is 0.255 e. The number of halogens is 2. The summed E-state index contributed by atoms with van der Waals surface area (Å²) in [4.78, 5) is 42.0. The smallest absolute Gasteiger partial charge is 0.255 e. The van der Waals surface area contributed by atoms with Crippen molar-refractivity contribution in [2.24, 2.45) is 17.6 Å². The number of Topliss-reactive ketones (excluding diaryl/α,β-unsaturated/α-hetero) is 2. The summed E-state index contributed by atoms with van der Waals surface area (Å²) in [7, 11) is 4.67. The minimum absolute atomic E-state index is 0.194. The molecule has 0 bridgehead atoms. The average Bonchev–Trinajstić information content (AvgIpc) is 2.81. The van der Waals surface area contributed by atoms with Crippen LogP contribution in [0.2, 0.25) is 0 Å². The van der Waals surface area contributed by atoms with E-state index < -0.39 is 97.7 Å². The Morgan fingerprint density at radius 1 is 1.10 bits per heavy atom. The summed E-state index contributed by atoms with van der Waals surface area (Å²) < 4.78 is 31.1. The largest absolute Gasteiger partial charge is 0.510 e. The normalized spacial score (nSPS) is 27.2. The van der Waals surface area contributed by atoms with Crippen molar-refractivity contribution in [3.63, 3.8) is 0 Å². The van der Waals surface area contributed by atoms with Crippen molar-refractivity contribution >= 4 is 17.5 Å². The summed E-state index contributed by atoms with van der Waals surface area (Å²) in [6, 6.07) is -1.17. The predicted molar refractivity (Wildman–Crippen MR) is 135 cm³/mol. The first kappa shape index (κ1) is 28.7. The number of phenolic OH excluding ortho intramolecular Hbond substituents is 1. The summed E-state index contributed by atoms with van der Waals surface area (Å²) in [6.45, 7) is 5.32. The number of benzene rings is 1. The molecule has 0 aliphatic heterocycles. The van der Waals surface area contributed by atoms with Crippen LogP contribution >= 0.6 is 0 Å². The Morgan fingerprint density at radius 3 is 2.21 bits per heavy atom. The van der Waals surface area contributed by atoms with E-state index in [0.717, 1.165) is 0 Å². The fourth-order valence-electron chi connectivity index (χ4n) is 5.98. The molecule has 0 radical (unpaired) electrons. The summed E-state index contributed by atoms with van der Waals surface area (Å²) >= 11 is 0. The van der Waals surface area contributed by atoms with Crippen LogP contribution in [0.4, 0.5) is 8.78 Å². The number of fused-ring (bicyclic) bond motifs is 3. The van der Waals surface area contributed by atoms with E-state index in [-0.39, 0.29) is 24.9 Å². The third-order valence-electron chi connectivity index (χ3n) is 8.40. The van der Waals surface area contributed by atoms with Crippen LogP contribution < -0.4 is 5.73 Å². The lowest BCUT2D eigenvalue weighted by atomic mass is 9.58. The Labute approximate surface area is 224 Å². The van der Waals surface area contributed by atoms with Crippen LogP contribution in [-0.2, 0) is 22.6 Å². The first-order valence-corrected chi connectivity index (χ1v) is 12.4. The van der Waals surface area contributed by atoms with E-state index in [1.54, 1.807) is 11.9 Å². The molecular weight excluding hydrogens is 516 g/mol. The number of likely N-dealkylation sites (N-methyl/N-ethyl adjacent to an activating group) is 1. The number of primary amides is 1. The number of hydrogen-bond acceptors (Lipinski definition) is 9. The second kappa shape index (κ2) is 9.10. The zero-order valence-electron chi connectivity index (χ0n) is 22.6. The monoisotopic (exact) mass is 549 g/mol. The molecule has 3 aliphatic carbocycles. The Bertz CT molecular complexity index is 1380. The predicted octanol–water partition coefficient (Wildman–Crippen LogP) is 1.63. The van der Waals surface area contributed by atoms with Gasteiger partial charge in [-0.2, -0.15) is 0 Å². The number of phenols is 1. The number of ketones is 2. The number of nitrogens with two attached hydrogens (primary N) is 1. The fraction of sp³-hybridized carbons (Fsp3) is 0.519. The lowest BCUT2D eigenvalue weighted by Gasteiger charge is -2.50. The molecule has 4 atom stereocenters. The van der Waals surface area contributed by atoms with Gasteiger partial charge in [-0.15, -0.1) is 0 Å². The van der Waals surface area contributed by atoms with Gasteiger partial charge >= 0.3 is 0 Å². The minimum atomic E-state index is -2.83. The van der Waals surface area contributed by atoms with Crippen molar-refractivity contribution in [1.82, 2.24) is 9.80 Å². The second-order valence-electron chi connectivity index (χ2n) is 11.8. The van der Waals surface area contributed by atoms with Crippen molar-refractivity contribution in [2.75, 3.05) is 21.1 Å². The SMILES string of the molecule is CN(C)[C@@H]1C(O)=C(C(N)=O)C(=O)[C@@]2(O)C(O)=C3C(=O)c4c(O)c(F)c(CN(C)C(C)(C)C)c(F)c4C[C@H]3C[C@@H]12. The number of rotatable bonds is 4. The molecule has 3 aliphatic rings. The number of carbonyl (C=O) groups is 3. The highest BCUT2D eigenvalue weighted by Gasteiger charge is 2.63. The van der Waals surface area contributed by atoms with Crippen LogP contribution in [-0.4, -0.2) is 86.0 Å². The van der Waals surface area contributed by atoms with E-state index in [2.05, 4.69) is 0 Å². The van der Waals surface area contributed by atoms with Gasteiger partial charge in [0.2, 0.25) is 5.78 Å². The number of amides is 1. The molecular formula is C27H33F2N3O7. The zero-order valence-corrected chi connectivity index (χ0v) is 22.6. The maximum absolute atomic E-state index is 15.8. The molecule has 0 unspecified atom stereocenters. The number of nitrogens with zero attached hydrogens (tertiary/aromatic N) is 2. The van der Waals surface area contributed by atoms with Crippen molar-refractivity contribution in [1.29, 1.82) is 0 Å². The van der Waals surface area contributed by atoms with E-state index in [1.807, 2.05) is 20.8 Å². The molecule has 1 amide bonds. The highest BCUT2D eigenvalue weighted by atomic mass is 19.1. The summed E-state index contributed by atoms with van der Waals surface area (Å²) in [5.74, 6) is -11.3. The van der Waals surface area contributed by atoms with Gasteiger partial charge in [0.25, 0.3) is 5.91 Å². The highest BCUT2D eigenvalue weighted by Crippen LogP contribution is 2.53. The van der Waals surface area contributed by atoms with Crippen LogP contribution in [0.15, 0.2) is 22.7 Å². The third-order valence-corrected chi connectivity index (χ3v) is 8.40. The molecule has 0 aromatic heterocycles. The first-order valence-electron chi connectivity index (χ1n) is 12.4. The molecule has 0 saturated heterocycles. The van der Waals surface area contributed by atoms with Gasteiger partial charge in [0.05, 0.1) is 11.6 Å². The number of hydrogen-bond donors (Lipinski definition) is 5. The quantitative estimate of drug-likeness (QED) is 0.351. The van der Waals surface area contributed by atoms with Crippen molar-refractivity contribution < 1.29 is 43.6 Å². The molecule has 0 saturated carbocycles. The zero-order chi connectivity index (χ0) is 29.5. The lowest BCUT2D eigenvalue weighted by Crippen LogP contribution is -2.63. The molecule has 0 fully saturated rings. The Morgan fingerprint density at radius 2 is 1.69 bits per heavy atom. The van der Waals surface area contributed by atoms with E-state index >= 15 is 8.78 Å². The van der Waals surface area contributed by atoms with Gasteiger partial charge in [0.15, 0.2) is 23.0 Å². The third kappa shape index (κ3) is 3.95. The van der Waals surface area contributed by atoms with E-state index in [9.17, 15) is 34.8 Å². The Kier molecular flexibility index (Phi) is 6.69. The Balaban J connectivity index is 1.92. The average molecular weight is 550 g/mol. The summed E-state index contributed by atoms with van der Waals surface area (Å²) in [5, 5.41) is 44.3. The topological polar surface area (TPSA) is 165 Å². The van der Waals surface area contributed by atoms with Crippen LogP contribution in [0.1, 0.15) is 48.7 Å².